The van der Waals surface area contributed by atoms with E-state index in [0.717, 1.165) is 13.0 Å². The third kappa shape index (κ3) is 3.97. The summed E-state index contributed by atoms with van der Waals surface area (Å²) < 4.78 is 0. The van der Waals surface area contributed by atoms with E-state index in [4.69, 9.17) is 0 Å². The molecule has 2 nitrogen and oxygen atoms in total. The maximum Gasteiger partial charge on any atom is 0.0931 e. The second-order valence-corrected chi connectivity index (χ2v) is 6.98. The molecule has 0 spiro atoms. The fourth-order valence-electron chi connectivity index (χ4n) is 2.11. The molecule has 0 bridgehead atoms. The summed E-state index contributed by atoms with van der Waals surface area (Å²) in [4.78, 5) is 6.07. The van der Waals surface area contributed by atoms with Crippen molar-refractivity contribution in [3.8, 4) is 0 Å². The summed E-state index contributed by atoms with van der Waals surface area (Å²) in [5, 5.41) is 4.99. The first kappa shape index (κ1) is 13.4. The van der Waals surface area contributed by atoms with Crippen molar-refractivity contribution in [3.05, 3.63) is 15.6 Å². The number of thioether (sulfide) groups is 1. The molecule has 96 valence electrons. The van der Waals surface area contributed by atoms with Crippen LogP contribution in [0.3, 0.4) is 0 Å². The van der Waals surface area contributed by atoms with Gasteiger partial charge < -0.3 is 5.32 Å². The largest absolute Gasteiger partial charge is 0.308 e. The Balaban J connectivity index is 1.84. The number of rotatable bonds is 5. The van der Waals surface area contributed by atoms with Crippen LogP contribution in [-0.2, 0) is 13.0 Å². The van der Waals surface area contributed by atoms with E-state index in [1.54, 1.807) is 0 Å². The van der Waals surface area contributed by atoms with Gasteiger partial charge in [0.15, 0.2) is 0 Å². The van der Waals surface area contributed by atoms with Crippen LogP contribution in [0.1, 0.15) is 41.8 Å². The van der Waals surface area contributed by atoms with Crippen LogP contribution >= 0.6 is 23.1 Å². The van der Waals surface area contributed by atoms with Crippen molar-refractivity contribution >= 4 is 23.1 Å². The van der Waals surface area contributed by atoms with Crippen LogP contribution in [0.25, 0.3) is 0 Å². The van der Waals surface area contributed by atoms with Gasteiger partial charge in [-0.15, -0.1) is 11.3 Å². The van der Waals surface area contributed by atoms with Crippen molar-refractivity contribution < 1.29 is 0 Å². The van der Waals surface area contributed by atoms with Gasteiger partial charge in [-0.3, -0.25) is 0 Å². The van der Waals surface area contributed by atoms with Gasteiger partial charge in [-0.2, -0.15) is 11.8 Å². The highest BCUT2D eigenvalue weighted by atomic mass is 32.2. The third-order valence-electron chi connectivity index (χ3n) is 3.11. The fraction of sp³-hybridized carbons (Fsp3) is 0.769. The van der Waals surface area contributed by atoms with Crippen molar-refractivity contribution in [3.63, 3.8) is 0 Å². The molecule has 1 saturated heterocycles. The molecule has 1 unspecified atom stereocenters. The Kier molecular flexibility index (Phi) is 5.32. The SMILES string of the molecule is CCCc1nc(C)c(CNC2CCCSC2)s1. The lowest BCUT2D eigenvalue weighted by molar-refractivity contribution is 0.509. The Hall–Kier alpha value is -0.0600. The van der Waals surface area contributed by atoms with E-state index >= 15 is 0 Å². The summed E-state index contributed by atoms with van der Waals surface area (Å²) in [6.07, 6.45) is 5.03. The first-order chi connectivity index (χ1) is 8.29. The predicted octanol–water partition coefficient (Wildman–Crippen LogP) is 3.39. The molecule has 1 fully saturated rings. The number of hydrogen-bond acceptors (Lipinski definition) is 4. The first-order valence-corrected chi connectivity index (χ1v) is 8.53. The van der Waals surface area contributed by atoms with Crippen molar-refractivity contribution in [1.29, 1.82) is 0 Å². The van der Waals surface area contributed by atoms with Crippen molar-refractivity contribution in [2.45, 2.75) is 52.1 Å². The van der Waals surface area contributed by atoms with Crippen LogP contribution < -0.4 is 5.32 Å². The van der Waals surface area contributed by atoms with Crippen LogP contribution in [0.15, 0.2) is 0 Å². The Morgan fingerprint density at radius 3 is 3.06 bits per heavy atom. The quantitative estimate of drug-likeness (QED) is 0.888. The molecule has 1 atom stereocenters. The smallest absolute Gasteiger partial charge is 0.0931 e. The summed E-state index contributed by atoms with van der Waals surface area (Å²) in [5.74, 6) is 2.62. The van der Waals surface area contributed by atoms with E-state index in [2.05, 4.69) is 35.9 Å². The second kappa shape index (κ2) is 6.76. The van der Waals surface area contributed by atoms with Crippen LogP contribution in [-0.4, -0.2) is 22.5 Å². The van der Waals surface area contributed by atoms with Crippen molar-refractivity contribution in [2.24, 2.45) is 0 Å². The summed E-state index contributed by atoms with van der Waals surface area (Å²) in [7, 11) is 0. The van der Waals surface area contributed by atoms with Crippen molar-refractivity contribution in [1.82, 2.24) is 10.3 Å². The van der Waals surface area contributed by atoms with E-state index in [-0.39, 0.29) is 0 Å². The molecular weight excluding hydrogens is 248 g/mol. The van der Waals surface area contributed by atoms with E-state index < -0.39 is 0 Å². The number of hydrogen-bond donors (Lipinski definition) is 1. The number of aromatic nitrogens is 1. The van der Waals surface area contributed by atoms with Gasteiger partial charge in [-0.05, 0) is 38.4 Å². The van der Waals surface area contributed by atoms with Gasteiger partial charge in [-0.25, -0.2) is 4.98 Å². The highest BCUT2D eigenvalue weighted by Crippen LogP contribution is 2.21. The molecule has 2 heterocycles. The van der Waals surface area contributed by atoms with Gasteiger partial charge in [0.05, 0.1) is 10.7 Å². The van der Waals surface area contributed by atoms with E-state index in [1.165, 1.54) is 46.3 Å². The lowest BCUT2D eigenvalue weighted by atomic mass is 10.2. The molecule has 2 rings (SSSR count). The zero-order valence-electron chi connectivity index (χ0n) is 10.8. The number of nitrogens with one attached hydrogen (secondary N) is 1. The molecule has 0 amide bonds. The summed E-state index contributed by atoms with van der Waals surface area (Å²) >= 11 is 3.97. The standard InChI is InChI=1S/C13H22N2S2/c1-3-5-13-15-10(2)12(17-13)8-14-11-6-4-7-16-9-11/h11,14H,3-9H2,1-2H3. The molecule has 0 saturated carbocycles. The molecule has 0 radical (unpaired) electrons. The lowest BCUT2D eigenvalue weighted by Crippen LogP contribution is -2.33. The minimum atomic E-state index is 0.713. The molecule has 1 aliphatic heterocycles. The van der Waals surface area contributed by atoms with Gasteiger partial charge >= 0.3 is 0 Å². The second-order valence-electron chi connectivity index (χ2n) is 4.66. The maximum atomic E-state index is 4.64. The number of aryl methyl sites for hydroxylation is 2. The van der Waals surface area contributed by atoms with Gasteiger partial charge in [0.2, 0.25) is 0 Å². The Labute approximate surface area is 113 Å². The summed E-state index contributed by atoms with van der Waals surface area (Å²) in [5.41, 5.74) is 1.23. The lowest BCUT2D eigenvalue weighted by Gasteiger charge is -2.22. The summed E-state index contributed by atoms with van der Waals surface area (Å²) in [6.45, 7) is 5.37. The van der Waals surface area contributed by atoms with Crippen LogP contribution in [0.4, 0.5) is 0 Å². The maximum absolute atomic E-state index is 4.64. The monoisotopic (exact) mass is 270 g/mol. The zero-order chi connectivity index (χ0) is 12.1. The minimum absolute atomic E-state index is 0.713. The van der Waals surface area contributed by atoms with Gasteiger partial charge in [0.1, 0.15) is 0 Å². The zero-order valence-corrected chi connectivity index (χ0v) is 12.4. The van der Waals surface area contributed by atoms with Crippen LogP contribution in [0.5, 0.6) is 0 Å². The average Bonchev–Trinajstić information content (AvgIpc) is 2.69. The molecule has 4 heteroatoms. The van der Waals surface area contributed by atoms with Crippen molar-refractivity contribution in [2.75, 3.05) is 11.5 Å². The van der Waals surface area contributed by atoms with Crippen LogP contribution in [0, 0.1) is 6.92 Å². The Bertz CT molecular complexity index is 343. The highest BCUT2D eigenvalue weighted by Gasteiger charge is 2.14. The van der Waals surface area contributed by atoms with E-state index in [9.17, 15) is 0 Å². The first-order valence-electron chi connectivity index (χ1n) is 6.56. The number of thiazole rings is 1. The molecule has 0 aromatic carbocycles. The van der Waals surface area contributed by atoms with Gasteiger partial charge in [-0.1, -0.05) is 6.92 Å². The fourth-order valence-corrected chi connectivity index (χ4v) is 4.34. The summed E-state index contributed by atoms with van der Waals surface area (Å²) in [6, 6.07) is 0.713. The molecular formula is C13H22N2S2. The minimum Gasteiger partial charge on any atom is -0.308 e. The topological polar surface area (TPSA) is 24.9 Å². The third-order valence-corrected chi connectivity index (χ3v) is 5.55. The molecule has 1 aliphatic rings. The molecule has 17 heavy (non-hydrogen) atoms. The molecule has 0 aliphatic carbocycles. The van der Waals surface area contributed by atoms with E-state index in [0.29, 0.717) is 6.04 Å². The van der Waals surface area contributed by atoms with Gasteiger partial charge in [0, 0.05) is 23.2 Å². The van der Waals surface area contributed by atoms with Crippen LogP contribution in [0.2, 0.25) is 0 Å². The Morgan fingerprint density at radius 2 is 2.35 bits per heavy atom. The van der Waals surface area contributed by atoms with E-state index in [1.807, 2.05) is 11.3 Å². The molecule has 1 aromatic rings. The Morgan fingerprint density at radius 1 is 1.47 bits per heavy atom. The molecule has 1 N–H and O–H groups in total. The normalized spacial score (nSPS) is 20.7. The predicted molar refractivity (Wildman–Crippen MR) is 78.0 cm³/mol. The molecule has 1 aromatic heterocycles. The van der Waals surface area contributed by atoms with Gasteiger partial charge in [0.25, 0.3) is 0 Å². The number of nitrogens with zero attached hydrogens (tertiary/aromatic N) is 1. The average molecular weight is 270 g/mol. The highest BCUT2D eigenvalue weighted by molar-refractivity contribution is 7.99.